The molecule has 0 bridgehead atoms. The van der Waals surface area contributed by atoms with Crippen LogP contribution in [0.25, 0.3) is 10.1 Å². The molecule has 0 spiro atoms. The van der Waals surface area contributed by atoms with Crippen LogP contribution >= 0.6 is 23.1 Å². The Morgan fingerprint density at radius 2 is 2.07 bits per heavy atom. The van der Waals surface area contributed by atoms with Gasteiger partial charge in [-0.15, -0.1) is 11.3 Å². The summed E-state index contributed by atoms with van der Waals surface area (Å²) in [7, 11) is 0. The molecule has 1 aromatic heterocycles. The molecule has 0 aliphatic rings. The van der Waals surface area contributed by atoms with Gasteiger partial charge in [-0.3, -0.25) is 0 Å². The Morgan fingerprint density at radius 3 is 2.80 bits per heavy atom. The number of benzene rings is 1. The SMILES string of the molecule is N#CSCc1c(C#N)sc2ccccc12. The summed E-state index contributed by atoms with van der Waals surface area (Å²) in [4.78, 5) is 0.721. The van der Waals surface area contributed by atoms with Gasteiger partial charge in [0.15, 0.2) is 0 Å². The summed E-state index contributed by atoms with van der Waals surface area (Å²) in [6.45, 7) is 0. The predicted molar refractivity (Wildman–Crippen MR) is 63.4 cm³/mol. The molecular formula is C11H6N2S2. The van der Waals surface area contributed by atoms with Crippen molar-refractivity contribution in [1.29, 1.82) is 10.5 Å². The molecule has 0 unspecified atom stereocenters. The minimum absolute atomic E-state index is 0.587. The quantitative estimate of drug-likeness (QED) is 0.742. The lowest BCUT2D eigenvalue weighted by Crippen LogP contribution is -1.80. The zero-order valence-electron chi connectivity index (χ0n) is 7.73. The number of thiocyanates is 1. The minimum Gasteiger partial charge on any atom is -0.192 e. The molecule has 72 valence electrons. The largest absolute Gasteiger partial charge is 0.192 e. The van der Waals surface area contributed by atoms with Crippen molar-refractivity contribution in [2.75, 3.05) is 0 Å². The van der Waals surface area contributed by atoms with Crippen molar-refractivity contribution in [2.24, 2.45) is 0 Å². The van der Waals surface area contributed by atoms with E-state index in [1.807, 2.05) is 29.7 Å². The summed E-state index contributed by atoms with van der Waals surface area (Å²) in [5.41, 5.74) is 0.990. The van der Waals surface area contributed by atoms with Crippen LogP contribution < -0.4 is 0 Å². The molecule has 0 atom stereocenters. The fraction of sp³-hybridized carbons (Fsp3) is 0.0909. The summed E-state index contributed by atoms with van der Waals surface area (Å²) in [6, 6.07) is 10.1. The van der Waals surface area contributed by atoms with Crippen molar-refractivity contribution in [3.63, 3.8) is 0 Å². The van der Waals surface area contributed by atoms with E-state index in [-0.39, 0.29) is 0 Å². The van der Waals surface area contributed by atoms with E-state index in [1.165, 1.54) is 23.1 Å². The van der Waals surface area contributed by atoms with Crippen LogP contribution in [-0.2, 0) is 5.75 Å². The smallest absolute Gasteiger partial charge is 0.133 e. The van der Waals surface area contributed by atoms with E-state index in [2.05, 4.69) is 6.07 Å². The molecule has 1 heterocycles. The third-order valence-corrected chi connectivity index (χ3v) is 3.76. The van der Waals surface area contributed by atoms with Gasteiger partial charge >= 0.3 is 0 Å². The molecule has 0 radical (unpaired) electrons. The zero-order chi connectivity index (χ0) is 10.7. The van der Waals surface area contributed by atoms with Gasteiger partial charge in [0.2, 0.25) is 0 Å². The number of hydrogen-bond donors (Lipinski definition) is 0. The van der Waals surface area contributed by atoms with Crippen molar-refractivity contribution < 1.29 is 0 Å². The maximum absolute atomic E-state index is 8.99. The number of rotatable bonds is 2. The summed E-state index contributed by atoms with van der Waals surface area (Å²) in [6.07, 6.45) is 0. The molecule has 0 saturated heterocycles. The summed E-state index contributed by atoms with van der Waals surface area (Å²) in [5, 5.41) is 20.7. The van der Waals surface area contributed by atoms with Gasteiger partial charge in [0.1, 0.15) is 16.3 Å². The fourth-order valence-electron chi connectivity index (χ4n) is 1.44. The molecule has 1 aromatic carbocycles. The molecule has 2 rings (SSSR count). The maximum Gasteiger partial charge on any atom is 0.133 e. The highest BCUT2D eigenvalue weighted by Crippen LogP contribution is 2.32. The Balaban J connectivity index is 2.59. The molecule has 2 aromatic rings. The van der Waals surface area contributed by atoms with Crippen LogP contribution in [0.15, 0.2) is 24.3 Å². The molecule has 0 aliphatic carbocycles. The first kappa shape index (κ1) is 10.0. The highest BCUT2D eigenvalue weighted by molar-refractivity contribution is 8.03. The first-order valence-electron chi connectivity index (χ1n) is 4.28. The third-order valence-electron chi connectivity index (χ3n) is 2.08. The molecule has 0 N–H and O–H groups in total. The van der Waals surface area contributed by atoms with Gasteiger partial charge in [-0.25, -0.2) is 0 Å². The van der Waals surface area contributed by atoms with Gasteiger partial charge in [-0.2, -0.15) is 10.5 Å². The van der Waals surface area contributed by atoms with Crippen molar-refractivity contribution in [2.45, 2.75) is 5.75 Å². The van der Waals surface area contributed by atoms with Gasteiger partial charge < -0.3 is 0 Å². The van der Waals surface area contributed by atoms with Crippen LogP contribution in [-0.4, -0.2) is 0 Å². The fourth-order valence-corrected chi connectivity index (χ4v) is 3.06. The Bertz CT molecular complexity index is 572. The van der Waals surface area contributed by atoms with E-state index < -0.39 is 0 Å². The average Bonchev–Trinajstić information content (AvgIpc) is 2.64. The standard InChI is InChI=1S/C11H6N2S2/c12-5-11-9(6-14-7-13)8-3-1-2-4-10(8)15-11/h1-4H,6H2. The lowest BCUT2D eigenvalue weighted by atomic mass is 10.1. The van der Waals surface area contributed by atoms with E-state index in [0.717, 1.165) is 20.5 Å². The van der Waals surface area contributed by atoms with Crippen LogP contribution in [0.2, 0.25) is 0 Å². The first-order valence-corrected chi connectivity index (χ1v) is 6.08. The van der Waals surface area contributed by atoms with Crippen molar-refractivity contribution in [3.05, 3.63) is 34.7 Å². The van der Waals surface area contributed by atoms with Crippen molar-refractivity contribution in [3.8, 4) is 11.5 Å². The number of nitriles is 2. The third kappa shape index (κ3) is 1.83. The Hall–Kier alpha value is -1.49. The normalized spacial score (nSPS) is 9.73. The number of thioether (sulfide) groups is 1. The molecule has 2 nitrogen and oxygen atoms in total. The predicted octanol–water partition coefficient (Wildman–Crippen LogP) is 3.49. The van der Waals surface area contributed by atoms with Crippen LogP contribution in [0.3, 0.4) is 0 Å². The lowest BCUT2D eigenvalue weighted by Gasteiger charge is -1.94. The Kier molecular flexibility index (Phi) is 2.91. The van der Waals surface area contributed by atoms with E-state index >= 15 is 0 Å². The van der Waals surface area contributed by atoms with E-state index in [0.29, 0.717) is 5.75 Å². The van der Waals surface area contributed by atoms with E-state index in [4.69, 9.17) is 10.5 Å². The van der Waals surface area contributed by atoms with E-state index in [9.17, 15) is 0 Å². The van der Waals surface area contributed by atoms with Crippen molar-refractivity contribution in [1.82, 2.24) is 0 Å². The van der Waals surface area contributed by atoms with Gasteiger partial charge in [-0.1, -0.05) is 18.2 Å². The van der Waals surface area contributed by atoms with Crippen LogP contribution in [0.4, 0.5) is 0 Å². The monoisotopic (exact) mass is 230 g/mol. The topological polar surface area (TPSA) is 47.6 Å². The van der Waals surface area contributed by atoms with Crippen molar-refractivity contribution >= 4 is 33.2 Å². The lowest BCUT2D eigenvalue weighted by molar-refractivity contribution is 1.45. The molecule has 15 heavy (non-hydrogen) atoms. The first-order chi connectivity index (χ1) is 7.36. The van der Waals surface area contributed by atoms with Crippen LogP contribution in [0, 0.1) is 22.0 Å². The van der Waals surface area contributed by atoms with Gasteiger partial charge in [-0.05, 0) is 28.8 Å². The molecule has 0 fully saturated rings. The van der Waals surface area contributed by atoms with E-state index in [1.54, 1.807) is 0 Å². The second-order valence-corrected chi connectivity index (χ2v) is 4.71. The summed E-state index contributed by atoms with van der Waals surface area (Å²) >= 11 is 2.66. The Morgan fingerprint density at radius 1 is 1.27 bits per heavy atom. The summed E-state index contributed by atoms with van der Waals surface area (Å²) < 4.78 is 1.11. The maximum atomic E-state index is 8.99. The minimum atomic E-state index is 0.587. The molecule has 0 saturated carbocycles. The van der Waals surface area contributed by atoms with Gasteiger partial charge in [0, 0.05) is 10.5 Å². The summed E-state index contributed by atoms with van der Waals surface area (Å²) in [5.74, 6) is 0.587. The highest BCUT2D eigenvalue weighted by Gasteiger charge is 2.10. The molecular weight excluding hydrogens is 224 g/mol. The molecule has 4 heteroatoms. The second kappa shape index (κ2) is 4.35. The van der Waals surface area contributed by atoms with Crippen LogP contribution in [0.5, 0.6) is 0 Å². The van der Waals surface area contributed by atoms with Gasteiger partial charge in [0.05, 0.1) is 0 Å². The van der Waals surface area contributed by atoms with Crippen LogP contribution in [0.1, 0.15) is 10.4 Å². The second-order valence-electron chi connectivity index (χ2n) is 2.90. The highest BCUT2D eigenvalue weighted by atomic mass is 32.2. The average molecular weight is 230 g/mol. The number of hydrogen-bond acceptors (Lipinski definition) is 4. The Labute approximate surface area is 95.8 Å². The molecule has 0 amide bonds. The molecule has 0 aliphatic heterocycles. The number of thiophene rings is 1. The zero-order valence-corrected chi connectivity index (χ0v) is 9.36. The number of nitrogens with zero attached hydrogens (tertiary/aromatic N) is 2. The van der Waals surface area contributed by atoms with Gasteiger partial charge in [0.25, 0.3) is 0 Å². The number of fused-ring (bicyclic) bond motifs is 1.